The van der Waals surface area contributed by atoms with E-state index < -0.39 is 6.04 Å². The van der Waals surface area contributed by atoms with Gasteiger partial charge in [-0.25, -0.2) is 0 Å². The average Bonchev–Trinajstić information content (AvgIpc) is 2.88. The Morgan fingerprint density at radius 2 is 1.77 bits per heavy atom. The van der Waals surface area contributed by atoms with Crippen LogP contribution in [0.2, 0.25) is 0 Å². The van der Waals surface area contributed by atoms with E-state index in [0.29, 0.717) is 25.3 Å². The third-order valence-corrected chi connectivity index (χ3v) is 6.72. The number of ether oxygens (including phenoxy) is 2. The lowest BCUT2D eigenvalue weighted by atomic mass is 10.1. The number of fused-ring (bicyclic) bond motifs is 1. The molecule has 0 aliphatic rings. The maximum absolute atomic E-state index is 13.4. The van der Waals surface area contributed by atoms with E-state index in [1.165, 1.54) is 0 Å². The molecule has 186 valence electrons. The maximum atomic E-state index is 13.4. The summed E-state index contributed by atoms with van der Waals surface area (Å²) in [6.45, 7) is 4.71. The van der Waals surface area contributed by atoms with E-state index in [0.717, 1.165) is 39.4 Å². The van der Waals surface area contributed by atoms with Crippen molar-refractivity contribution in [3.8, 4) is 11.5 Å². The number of nitrogens with zero attached hydrogens (tertiary/aromatic N) is 1. The largest absolute Gasteiger partial charge is 0.497 e. The standard InChI is InChI=1S/C28H33BrN2O4/c1-4-6-17-30-28(33)24(5-2)31(18-20-11-14-22(34-3)15-12-20)26(32)19-35-25-16-13-21-9-7-8-10-23(21)27(25)29/h7-16,24H,4-6,17-19H2,1-3H3,(H,30,33)/t24-/m1/s1. The van der Waals surface area contributed by atoms with Crippen molar-refractivity contribution in [2.24, 2.45) is 0 Å². The number of halogens is 1. The number of unbranched alkanes of at least 4 members (excludes halogenated alkanes) is 1. The molecule has 0 bridgehead atoms. The number of benzene rings is 3. The molecular formula is C28H33BrN2O4. The van der Waals surface area contributed by atoms with E-state index >= 15 is 0 Å². The third kappa shape index (κ3) is 6.98. The summed E-state index contributed by atoms with van der Waals surface area (Å²) >= 11 is 3.61. The van der Waals surface area contributed by atoms with Crippen molar-refractivity contribution in [2.75, 3.05) is 20.3 Å². The fraction of sp³-hybridized carbons (Fsp3) is 0.357. The maximum Gasteiger partial charge on any atom is 0.261 e. The first-order valence-corrected chi connectivity index (χ1v) is 12.8. The van der Waals surface area contributed by atoms with Crippen molar-refractivity contribution in [1.29, 1.82) is 0 Å². The van der Waals surface area contributed by atoms with Gasteiger partial charge in [-0.2, -0.15) is 0 Å². The van der Waals surface area contributed by atoms with E-state index in [9.17, 15) is 9.59 Å². The summed E-state index contributed by atoms with van der Waals surface area (Å²) in [5, 5.41) is 5.06. The number of amides is 2. The molecule has 0 saturated carbocycles. The highest BCUT2D eigenvalue weighted by Crippen LogP contribution is 2.33. The van der Waals surface area contributed by atoms with Crippen molar-refractivity contribution < 1.29 is 19.1 Å². The van der Waals surface area contributed by atoms with Gasteiger partial charge < -0.3 is 19.7 Å². The fourth-order valence-electron chi connectivity index (χ4n) is 3.90. The highest BCUT2D eigenvalue weighted by atomic mass is 79.9. The molecule has 1 atom stereocenters. The van der Waals surface area contributed by atoms with Crippen molar-refractivity contribution in [3.63, 3.8) is 0 Å². The van der Waals surface area contributed by atoms with Crippen LogP contribution in [-0.2, 0) is 16.1 Å². The number of methoxy groups -OCH3 is 1. The Bertz CT molecular complexity index is 1130. The SMILES string of the molecule is CCCCNC(=O)[C@@H](CC)N(Cc1ccc(OC)cc1)C(=O)COc1ccc2ccccc2c1Br. The normalized spacial score (nSPS) is 11.7. The van der Waals surface area contributed by atoms with Crippen LogP contribution in [0.1, 0.15) is 38.7 Å². The van der Waals surface area contributed by atoms with Gasteiger partial charge in [0.25, 0.3) is 5.91 Å². The van der Waals surface area contributed by atoms with Gasteiger partial charge in [-0.15, -0.1) is 0 Å². The molecule has 0 aromatic heterocycles. The zero-order valence-electron chi connectivity index (χ0n) is 20.6. The molecule has 7 heteroatoms. The third-order valence-electron chi connectivity index (χ3n) is 5.91. The van der Waals surface area contributed by atoms with Crippen LogP contribution in [0.3, 0.4) is 0 Å². The van der Waals surface area contributed by atoms with Crippen molar-refractivity contribution in [3.05, 3.63) is 70.7 Å². The first kappa shape index (κ1) is 26.5. The minimum absolute atomic E-state index is 0.144. The van der Waals surface area contributed by atoms with Crippen LogP contribution < -0.4 is 14.8 Å². The quantitative estimate of drug-likeness (QED) is 0.298. The number of carbonyl (C=O) groups is 2. The van der Waals surface area contributed by atoms with Crippen molar-refractivity contribution in [1.82, 2.24) is 10.2 Å². The summed E-state index contributed by atoms with van der Waals surface area (Å²) in [7, 11) is 1.61. The molecule has 0 fully saturated rings. The van der Waals surface area contributed by atoms with E-state index in [1.807, 2.05) is 67.6 Å². The Balaban J connectivity index is 1.80. The Labute approximate surface area is 215 Å². The van der Waals surface area contributed by atoms with Gasteiger partial charge in [0.1, 0.15) is 17.5 Å². The summed E-state index contributed by atoms with van der Waals surface area (Å²) in [5.41, 5.74) is 0.908. The van der Waals surface area contributed by atoms with Crippen LogP contribution >= 0.6 is 15.9 Å². The molecule has 0 heterocycles. The van der Waals surface area contributed by atoms with Crippen LogP contribution in [0.5, 0.6) is 11.5 Å². The van der Waals surface area contributed by atoms with Gasteiger partial charge in [0.15, 0.2) is 6.61 Å². The van der Waals surface area contributed by atoms with Crippen LogP contribution in [0.4, 0.5) is 0 Å². The van der Waals surface area contributed by atoms with Gasteiger partial charge in [-0.3, -0.25) is 9.59 Å². The molecule has 0 unspecified atom stereocenters. The van der Waals surface area contributed by atoms with Gasteiger partial charge in [0.05, 0.1) is 11.6 Å². The van der Waals surface area contributed by atoms with E-state index in [1.54, 1.807) is 12.0 Å². The molecule has 6 nitrogen and oxygen atoms in total. The number of hydrogen-bond donors (Lipinski definition) is 1. The Hall–Kier alpha value is -3.06. The second kappa shape index (κ2) is 13.1. The highest BCUT2D eigenvalue weighted by molar-refractivity contribution is 9.10. The molecule has 2 amide bonds. The molecular weight excluding hydrogens is 508 g/mol. The molecule has 1 N–H and O–H groups in total. The Kier molecular flexibility index (Phi) is 9.97. The molecule has 0 aliphatic carbocycles. The van der Waals surface area contributed by atoms with Crippen molar-refractivity contribution >= 4 is 38.5 Å². The lowest BCUT2D eigenvalue weighted by Gasteiger charge is -2.30. The van der Waals surface area contributed by atoms with E-state index in [4.69, 9.17) is 9.47 Å². The van der Waals surface area contributed by atoms with Gasteiger partial charge in [-0.1, -0.05) is 62.7 Å². The summed E-state index contributed by atoms with van der Waals surface area (Å²) in [6, 6.07) is 18.7. The van der Waals surface area contributed by atoms with E-state index in [-0.39, 0.29) is 18.4 Å². The van der Waals surface area contributed by atoms with Gasteiger partial charge >= 0.3 is 0 Å². The molecule has 0 radical (unpaired) electrons. The second-order valence-electron chi connectivity index (χ2n) is 8.33. The summed E-state index contributed by atoms with van der Waals surface area (Å²) in [5.74, 6) is 0.926. The molecule has 3 aromatic rings. The summed E-state index contributed by atoms with van der Waals surface area (Å²) < 4.78 is 12.0. The van der Waals surface area contributed by atoms with Crippen LogP contribution in [0.15, 0.2) is 65.1 Å². The van der Waals surface area contributed by atoms with Crippen LogP contribution in [-0.4, -0.2) is 43.0 Å². The predicted octanol–water partition coefficient (Wildman–Crippen LogP) is 5.71. The number of nitrogens with one attached hydrogen (secondary N) is 1. The minimum atomic E-state index is -0.592. The van der Waals surface area contributed by atoms with Crippen LogP contribution in [0, 0.1) is 0 Å². The zero-order valence-corrected chi connectivity index (χ0v) is 22.1. The molecule has 0 saturated heterocycles. The van der Waals surface area contributed by atoms with Gasteiger partial charge in [0, 0.05) is 13.1 Å². The van der Waals surface area contributed by atoms with Gasteiger partial charge in [-0.05, 0) is 63.3 Å². The lowest BCUT2D eigenvalue weighted by molar-refractivity contribution is -0.143. The Morgan fingerprint density at radius 3 is 2.46 bits per heavy atom. The molecule has 0 spiro atoms. The lowest BCUT2D eigenvalue weighted by Crippen LogP contribution is -2.50. The zero-order chi connectivity index (χ0) is 25.2. The molecule has 0 aliphatic heterocycles. The molecule has 3 aromatic carbocycles. The summed E-state index contributed by atoms with van der Waals surface area (Å²) in [4.78, 5) is 28.0. The first-order valence-electron chi connectivity index (χ1n) is 12.0. The monoisotopic (exact) mass is 540 g/mol. The van der Waals surface area contributed by atoms with Gasteiger partial charge in [0.2, 0.25) is 5.91 Å². The van der Waals surface area contributed by atoms with Crippen molar-refractivity contribution in [2.45, 2.75) is 45.7 Å². The topological polar surface area (TPSA) is 67.9 Å². The minimum Gasteiger partial charge on any atom is -0.497 e. The second-order valence-corrected chi connectivity index (χ2v) is 9.12. The summed E-state index contributed by atoms with van der Waals surface area (Å²) in [6.07, 6.45) is 2.38. The van der Waals surface area contributed by atoms with Crippen LogP contribution in [0.25, 0.3) is 10.8 Å². The Morgan fingerprint density at radius 1 is 1.03 bits per heavy atom. The van der Waals surface area contributed by atoms with E-state index in [2.05, 4.69) is 28.2 Å². The first-order chi connectivity index (χ1) is 17.0. The fourth-order valence-corrected chi connectivity index (χ4v) is 4.51. The predicted molar refractivity (Wildman–Crippen MR) is 143 cm³/mol. The smallest absolute Gasteiger partial charge is 0.261 e. The molecule has 35 heavy (non-hydrogen) atoms. The highest BCUT2D eigenvalue weighted by Gasteiger charge is 2.29. The average molecular weight is 541 g/mol. The number of carbonyl (C=O) groups excluding carboxylic acids is 2. The number of rotatable bonds is 12. The number of hydrogen-bond acceptors (Lipinski definition) is 4. The molecule has 3 rings (SSSR count).